The molecule has 0 aromatic heterocycles. The molecular weight excluding hydrogens is 439 g/mol. The monoisotopic (exact) mass is 462 g/mol. The first-order valence-electron chi connectivity index (χ1n) is 8.68. The van der Waals surface area contributed by atoms with E-state index in [0.29, 0.717) is 6.42 Å². The van der Waals surface area contributed by atoms with Gasteiger partial charge in [-0.15, -0.1) is 0 Å². The van der Waals surface area contributed by atoms with Gasteiger partial charge in [0.2, 0.25) is 0 Å². The van der Waals surface area contributed by atoms with Crippen molar-refractivity contribution in [2.45, 2.75) is 70.9 Å². The lowest BCUT2D eigenvalue weighted by molar-refractivity contribution is -0.397. The van der Waals surface area contributed by atoms with E-state index in [1.165, 1.54) is 0 Å². The molecule has 0 saturated carbocycles. The van der Waals surface area contributed by atoms with E-state index in [9.17, 15) is 49.1 Å². The Bertz CT molecular complexity index is 595. The fourth-order valence-corrected chi connectivity index (χ4v) is 2.31. The van der Waals surface area contributed by atoms with Gasteiger partial charge in [0.05, 0.1) is 25.4 Å². The Morgan fingerprint density at radius 1 is 0.800 bits per heavy atom. The molecule has 0 N–H and O–H groups in total. The molecule has 0 saturated heterocycles. The van der Waals surface area contributed by atoms with E-state index in [4.69, 9.17) is 4.74 Å². The molecule has 13 heteroatoms. The predicted octanol–water partition coefficient (Wildman–Crippen LogP) is 5.39. The summed E-state index contributed by atoms with van der Waals surface area (Å²) in [6.45, 7) is 5.12. The number of rotatable bonds is 10. The van der Waals surface area contributed by atoms with Gasteiger partial charge in [0.15, 0.2) is 0 Å². The van der Waals surface area contributed by atoms with Crippen LogP contribution in [-0.2, 0) is 19.1 Å². The number of ether oxygens (including phenoxy) is 2. The summed E-state index contributed by atoms with van der Waals surface area (Å²) in [6.07, 6.45) is -9.39. The number of halogens is 9. The van der Waals surface area contributed by atoms with Crippen LogP contribution in [0.3, 0.4) is 0 Å². The minimum Gasteiger partial charge on any atom is -0.465 e. The third-order valence-electron chi connectivity index (χ3n) is 3.76. The number of alkyl halides is 9. The van der Waals surface area contributed by atoms with Crippen molar-refractivity contribution in [2.75, 3.05) is 13.2 Å². The number of carbonyl (C=O) groups is 2. The maximum atomic E-state index is 13.3. The van der Waals surface area contributed by atoms with E-state index in [2.05, 4.69) is 4.74 Å². The molecule has 0 aliphatic carbocycles. The van der Waals surface area contributed by atoms with Crippen LogP contribution in [0, 0.1) is 11.3 Å². The van der Waals surface area contributed by atoms with Crippen LogP contribution >= 0.6 is 0 Å². The Kier molecular flexibility index (Phi) is 9.09. The molecule has 0 radical (unpaired) electrons. The minimum atomic E-state index is -6.99. The number of hydrogen-bond acceptors (Lipinski definition) is 4. The molecule has 30 heavy (non-hydrogen) atoms. The van der Waals surface area contributed by atoms with Crippen LogP contribution in [0.1, 0.15) is 47.0 Å². The summed E-state index contributed by atoms with van der Waals surface area (Å²) in [5, 5.41) is 0. The molecule has 4 nitrogen and oxygen atoms in total. The fourth-order valence-electron chi connectivity index (χ4n) is 2.31. The van der Waals surface area contributed by atoms with Crippen LogP contribution in [0.4, 0.5) is 39.5 Å². The van der Waals surface area contributed by atoms with Gasteiger partial charge in [0, 0.05) is 0 Å². The van der Waals surface area contributed by atoms with E-state index in [1.54, 1.807) is 6.92 Å². The quantitative estimate of drug-likeness (QED) is 0.323. The highest BCUT2D eigenvalue weighted by molar-refractivity contribution is 5.73. The van der Waals surface area contributed by atoms with Gasteiger partial charge in [-0.3, -0.25) is 9.59 Å². The molecule has 0 aliphatic rings. The highest BCUT2D eigenvalue weighted by Gasteiger charge is 2.81. The number of hydrogen-bond donors (Lipinski definition) is 0. The van der Waals surface area contributed by atoms with Gasteiger partial charge in [0.25, 0.3) is 0 Å². The van der Waals surface area contributed by atoms with Gasteiger partial charge in [-0.1, -0.05) is 27.7 Å². The van der Waals surface area contributed by atoms with E-state index in [-0.39, 0.29) is 5.41 Å². The first kappa shape index (κ1) is 28.3. The molecule has 0 aromatic rings. The molecule has 0 rings (SSSR count). The summed E-state index contributed by atoms with van der Waals surface area (Å²) in [6, 6.07) is 0. The van der Waals surface area contributed by atoms with E-state index < -0.39 is 67.9 Å². The van der Waals surface area contributed by atoms with Gasteiger partial charge in [-0.2, -0.15) is 39.5 Å². The normalized spacial score (nSPS) is 15.0. The van der Waals surface area contributed by atoms with Crippen molar-refractivity contribution in [3.63, 3.8) is 0 Å². The molecule has 178 valence electrons. The third-order valence-corrected chi connectivity index (χ3v) is 3.76. The second-order valence-corrected chi connectivity index (χ2v) is 7.90. The molecule has 1 atom stereocenters. The zero-order chi connectivity index (χ0) is 24.2. The first-order valence-corrected chi connectivity index (χ1v) is 8.68. The summed E-state index contributed by atoms with van der Waals surface area (Å²) in [5.41, 5.74) is -0.187. The second-order valence-electron chi connectivity index (χ2n) is 7.90. The Balaban J connectivity index is 4.55. The van der Waals surface area contributed by atoms with Crippen molar-refractivity contribution in [3.8, 4) is 0 Å². The zero-order valence-electron chi connectivity index (χ0n) is 16.6. The summed E-state index contributed by atoms with van der Waals surface area (Å²) in [5.74, 6) is -22.0. The van der Waals surface area contributed by atoms with Crippen LogP contribution in [-0.4, -0.2) is 49.1 Å². The number of esters is 2. The van der Waals surface area contributed by atoms with Gasteiger partial charge >= 0.3 is 35.9 Å². The molecule has 0 fully saturated rings. The molecule has 0 aromatic carbocycles. The lowest BCUT2D eigenvalue weighted by atomic mass is 9.85. The average molecular weight is 462 g/mol. The Hall–Kier alpha value is -1.69. The van der Waals surface area contributed by atoms with E-state index in [0.717, 1.165) is 0 Å². The predicted molar refractivity (Wildman–Crippen MR) is 85.3 cm³/mol. The molecule has 0 bridgehead atoms. The smallest absolute Gasteiger partial charge is 0.460 e. The van der Waals surface area contributed by atoms with Crippen molar-refractivity contribution in [3.05, 3.63) is 0 Å². The summed E-state index contributed by atoms with van der Waals surface area (Å²) < 4.78 is 123. The van der Waals surface area contributed by atoms with E-state index >= 15 is 0 Å². The second kappa shape index (κ2) is 9.63. The van der Waals surface area contributed by atoms with Crippen molar-refractivity contribution >= 4 is 11.9 Å². The van der Waals surface area contributed by atoms with Crippen molar-refractivity contribution in [1.82, 2.24) is 0 Å². The Morgan fingerprint density at radius 3 is 1.73 bits per heavy atom. The molecule has 1 unspecified atom stereocenters. The molecule has 0 heterocycles. The molecule has 0 aliphatic heterocycles. The Labute approximate surface area is 167 Å². The fraction of sp³-hybridized carbons (Fsp3) is 0.882. The maximum Gasteiger partial charge on any atom is 0.460 e. The largest absolute Gasteiger partial charge is 0.465 e. The average Bonchev–Trinajstić information content (AvgIpc) is 2.51. The Morgan fingerprint density at radius 2 is 1.30 bits per heavy atom. The standard InChI is InChI=1S/C17H23F9O4/c1-10(9-13(2,3)4)12(28)30-7-5-11(27)29-8-6-14(18,19)15(20,21)16(22,23)17(24,25)26/h10H,5-9H2,1-4H3. The zero-order valence-corrected chi connectivity index (χ0v) is 16.6. The third kappa shape index (κ3) is 7.53. The molecule has 0 amide bonds. The van der Waals surface area contributed by atoms with Crippen LogP contribution in [0.5, 0.6) is 0 Å². The van der Waals surface area contributed by atoms with Gasteiger partial charge < -0.3 is 9.47 Å². The van der Waals surface area contributed by atoms with Crippen molar-refractivity contribution in [1.29, 1.82) is 0 Å². The van der Waals surface area contributed by atoms with Crippen molar-refractivity contribution in [2.24, 2.45) is 11.3 Å². The highest BCUT2D eigenvalue weighted by atomic mass is 19.4. The minimum absolute atomic E-state index is 0.187. The lowest BCUT2D eigenvalue weighted by Crippen LogP contribution is -2.61. The van der Waals surface area contributed by atoms with Gasteiger partial charge in [0.1, 0.15) is 6.61 Å². The van der Waals surface area contributed by atoms with Crippen LogP contribution in [0.15, 0.2) is 0 Å². The molecular formula is C17H23F9O4. The van der Waals surface area contributed by atoms with Gasteiger partial charge in [-0.25, -0.2) is 0 Å². The van der Waals surface area contributed by atoms with Crippen LogP contribution in [0.25, 0.3) is 0 Å². The topological polar surface area (TPSA) is 52.6 Å². The van der Waals surface area contributed by atoms with Crippen LogP contribution < -0.4 is 0 Å². The summed E-state index contributed by atoms with van der Waals surface area (Å²) in [4.78, 5) is 23.1. The maximum absolute atomic E-state index is 13.3. The SMILES string of the molecule is CC(CC(C)(C)C)C(=O)OCCC(=O)OCCC(F)(F)C(F)(F)C(F)(F)C(F)(F)F. The van der Waals surface area contributed by atoms with E-state index in [1.807, 2.05) is 20.8 Å². The number of carbonyl (C=O) groups excluding carboxylic acids is 2. The lowest BCUT2D eigenvalue weighted by Gasteiger charge is -2.33. The van der Waals surface area contributed by atoms with Crippen molar-refractivity contribution < 1.29 is 58.6 Å². The van der Waals surface area contributed by atoms with Crippen LogP contribution in [0.2, 0.25) is 0 Å². The summed E-state index contributed by atoms with van der Waals surface area (Å²) >= 11 is 0. The summed E-state index contributed by atoms with van der Waals surface area (Å²) in [7, 11) is 0. The van der Waals surface area contributed by atoms with Gasteiger partial charge in [-0.05, 0) is 11.8 Å². The first-order chi connectivity index (χ1) is 13.2. The highest BCUT2D eigenvalue weighted by Crippen LogP contribution is 2.53. The molecule has 0 spiro atoms.